The fourth-order valence-electron chi connectivity index (χ4n) is 0.443. The Morgan fingerprint density at radius 1 is 1.23 bits per heavy atom. The van der Waals surface area contributed by atoms with E-state index in [1.54, 1.807) is 13.8 Å². The van der Waals surface area contributed by atoms with E-state index in [2.05, 4.69) is 14.1 Å². The number of hydrogen-bond donors (Lipinski definition) is 1. The lowest BCUT2D eigenvalue weighted by molar-refractivity contribution is -0.158. The van der Waals surface area contributed by atoms with E-state index in [9.17, 15) is 13.7 Å². The van der Waals surface area contributed by atoms with Gasteiger partial charge in [0.2, 0.25) is 7.37 Å². The highest BCUT2D eigenvalue weighted by Gasteiger charge is 2.29. The average molecular weight is 236 g/mol. The zero-order chi connectivity index (χ0) is 10.5. The number of hydrogen-bond acceptors (Lipinski definition) is 5. The molecule has 0 aliphatic carbocycles. The first-order valence-electron chi connectivity index (χ1n) is 3.48. The van der Waals surface area contributed by atoms with Crippen molar-refractivity contribution < 1.29 is 32.6 Å². The largest absolute Gasteiger partial charge is 0.531 e. The molecule has 13 heavy (non-hydrogen) atoms. The Bertz CT molecular complexity index is 235. The smallest absolute Gasteiger partial charge is 0.299 e. The van der Waals surface area contributed by atoms with Crippen molar-refractivity contribution >= 4 is 15.2 Å². The lowest BCUT2D eigenvalue weighted by Gasteiger charge is -2.13. The van der Waals surface area contributed by atoms with Crippen LogP contribution in [0.4, 0.5) is 4.53 Å². The van der Waals surface area contributed by atoms with Crippen molar-refractivity contribution in [1.82, 2.24) is 0 Å². The zero-order valence-electron chi connectivity index (χ0n) is 7.18. The molecule has 9 heteroatoms. The van der Waals surface area contributed by atoms with Crippen LogP contribution in [0.5, 0.6) is 0 Å². The zero-order valence-corrected chi connectivity index (χ0v) is 8.96. The van der Waals surface area contributed by atoms with Gasteiger partial charge in [0, 0.05) is 12.3 Å². The summed E-state index contributed by atoms with van der Waals surface area (Å²) in [5.41, 5.74) is 0. The molecule has 1 unspecified atom stereocenters. The van der Waals surface area contributed by atoms with Gasteiger partial charge in [-0.3, -0.25) is 9.46 Å². The van der Waals surface area contributed by atoms with Crippen molar-refractivity contribution in [2.45, 2.75) is 13.8 Å². The Morgan fingerprint density at radius 2 is 1.69 bits per heavy atom. The normalized spacial score (nSPS) is 16.9. The van der Waals surface area contributed by atoms with Crippen LogP contribution in [0.15, 0.2) is 0 Å². The van der Waals surface area contributed by atoms with E-state index in [0.29, 0.717) is 0 Å². The summed E-state index contributed by atoms with van der Waals surface area (Å²) in [6, 6.07) is 0. The summed E-state index contributed by atoms with van der Waals surface area (Å²) in [5, 5.41) is 0. The van der Waals surface area contributed by atoms with E-state index in [4.69, 9.17) is 4.89 Å². The summed E-state index contributed by atoms with van der Waals surface area (Å²) < 4.78 is 43.4. The second-order valence-electron chi connectivity index (χ2n) is 2.13. The van der Waals surface area contributed by atoms with E-state index in [-0.39, 0.29) is 12.3 Å². The molecule has 0 fully saturated rings. The van der Waals surface area contributed by atoms with Crippen LogP contribution in [0, 0.1) is 0 Å². The van der Waals surface area contributed by atoms with Crippen LogP contribution in [-0.2, 0) is 23.2 Å². The quantitative estimate of drug-likeness (QED) is 0.432. The first kappa shape index (κ1) is 13.2. The summed E-state index contributed by atoms with van der Waals surface area (Å²) in [5.74, 6) is 0. The highest BCUT2D eigenvalue weighted by Crippen LogP contribution is 2.53. The van der Waals surface area contributed by atoms with Gasteiger partial charge in [0.25, 0.3) is 0 Å². The van der Waals surface area contributed by atoms with E-state index in [1.165, 1.54) is 0 Å². The van der Waals surface area contributed by atoms with Crippen LogP contribution >= 0.6 is 15.2 Å². The summed E-state index contributed by atoms with van der Waals surface area (Å²) in [6.07, 6.45) is 0.242. The molecule has 6 nitrogen and oxygen atoms in total. The molecule has 1 atom stereocenters. The Morgan fingerprint density at radius 3 is 2.00 bits per heavy atom. The fourth-order valence-corrected chi connectivity index (χ4v) is 1.95. The molecular formula is C4H11FO6P2. The Labute approximate surface area is 74.9 Å². The van der Waals surface area contributed by atoms with Gasteiger partial charge in [-0.15, -0.1) is 4.67 Å². The molecule has 0 amide bonds. The van der Waals surface area contributed by atoms with Crippen molar-refractivity contribution in [2.75, 3.05) is 12.3 Å². The minimum absolute atomic E-state index is 0.121. The van der Waals surface area contributed by atoms with Crippen LogP contribution in [0.1, 0.15) is 13.8 Å². The van der Waals surface area contributed by atoms with E-state index >= 15 is 0 Å². The molecule has 0 saturated heterocycles. The molecule has 0 aliphatic rings. The van der Waals surface area contributed by atoms with Crippen LogP contribution in [0.25, 0.3) is 0 Å². The van der Waals surface area contributed by atoms with Crippen molar-refractivity contribution in [3.05, 3.63) is 0 Å². The molecular weight excluding hydrogens is 225 g/mol. The van der Waals surface area contributed by atoms with Crippen LogP contribution in [0.3, 0.4) is 0 Å². The maximum Gasteiger partial charge on any atom is 0.531 e. The second kappa shape index (κ2) is 5.20. The van der Waals surface area contributed by atoms with Gasteiger partial charge in [0.15, 0.2) is 0 Å². The third-order valence-electron chi connectivity index (χ3n) is 1.31. The van der Waals surface area contributed by atoms with Crippen molar-refractivity contribution in [1.29, 1.82) is 0 Å². The third-order valence-corrected chi connectivity index (χ3v) is 4.14. The van der Waals surface area contributed by atoms with Gasteiger partial charge in [-0.2, -0.15) is 4.67 Å². The maximum atomic E-state index is 11.4. The van der Waals surface area contributed by atoms with E-state index < -0.39 is 15.2 Å². The molecule has 0 aromatic rings. The van der Waals surface area contributed by atoms with Gasteiger partial charge in [0.05, 0.1) is 0 Å². The van der Waals surface area contributed by atoms with Crippen molar-refractivity contribution in [3.8, 4) is 0 Å². The molecule has 0 bridgehead atoms. The second-order valence-corrected chi connectivity index (χ2v) is 6.40. The molecule has 0 aromatic carbocycles. The van der Waals surface area contributed by atoms with Gasteiger partial charge < -0.3 is 0 Å². The maximum absolute atomic E-state index is 11.4. The monoisotopic (exact) mass is 236 g/mol. The minimum Gasteiger partial charge on any atom is -0.299 e. The van der Waals surface area contributed by atoms with E-state index in [0.717, 1.165) is 0 Å². The first-order chi connectivity index (χ1) is 5.89. The van der Waals surface area contributed by atoms with Crippen LogP contribution in [0.2, 0.25) is 0 Å². The van der Waals surface area contributed by atoms with Crippen LogP contribution < -0.4 is 0 Å². The summed E-state index contributed by atoms with van der Waals surface area (Å²) >= 11 is 0. The molecule has 1 N–H and O–H groups in total. The topological polar surface area (TPSA) is 82.1 Å². The molecule has 80 valence electrons. The molecule has 0 aliphatic heterocycles. The minimum atomic E-state index is -4.86. The highest BCUT2D eigenvalue weighted by molar-refractivity contribution is 7.59. The SMILES string of the molecule is CCP(=O)(CC)OOP(=O)(O)OF. The molecule has 0 spiro atoms. The molecule has 0 rings (SSSR count). The predicted octanol–water partition coefficient (Wildman–Crippen LogP) is 2.25. The van der Waals surface area contributed by atoms with Crippen molar-refractivity contribution in [2.24, 2.45) is 0 Å². The number of halogens is 1. The molecule has 0 aromatic heterocycles. The van der Waals surface area contributed by atoms with E-state index in [1.807, 2.05) is 0 Å². The lowest BCUT2D eigenvalue weighted by Crippen LogP contribution is -1.96. The summed E-state index contributed by atoms with van der Waals surface area (Å²) in [6.45, 7) is 3.10. The highest BCUT2D eigenvalue weighted by atomic mass is 31.2. The Balaban J connectivity index is 4.16. The lowest BCUT2D eigenvalue weighted by atomic mass is 11.0. The van der Waals surface area contributed by atoms with Gasteiger partial charge >= 0.3 is 7.82 Å². The molecule has 0 heterocycles. The third kappa shape index (κ3) is 4.86. The number of rotatable bonds is 6. The Kier molecular flexibility index (Phi) is 5.29. The predicted molar refractivity (Wildman–Crippen MR) is 42.9 cm³/mol. The average Bonchev–Trinajstić information content (AvgIpc) is 2.14. The molecule has 0 radical (unpaired) electrons. The number of phosphoric acid groups is 1. The first-order valence-corrected chi connectivity index (χ1v) is 6.97. The standard InChI is InChI=1S/C4H11FO6P2/c1-3-12(6,4-2)10-11-13(7,8)9-5/h3-4H2,1-2H3,(H,7,8). The van der Waals surface area contributed by atoms with Gasteiger partial charge in [-0.05, 0) is 4.53 Å². The summed E-state index contributed by atoms with van der Waals surface area (Å²) in [7, 11) is -7.95. The van der Waals surface area contributed by atoms with Crippen LogP contribution in [-0.4, -0.2) is 17.2 Å². The van der Waals surface area contributed by atoms with Gasteiger partial charge in [-0.25, -0.2) is 4.57 Å². The Hall–Kier alpha value is 0.230. The van der Waals surface area contributed by atoms with Gasteiger partial charge in [-0.1, -0.05) is 18.6 Å². The molecule has 0 saturated carbocycles. The van der Waals surface area contributed by atoms with Crippen molar-refractivity contribution in [3.63, 3.8) is 0 Å². The summed E-state index contributed by atoms with van der Waals surface area (Å²) in [4.78, 5) is 8.37. The van der Waals surface area contributed by atoms with Gasteiger partial charge in [0.1, 0.15) is 0 Å². The fraction of sp³-hybridized carbons (Fsp3) is 1.00.